The van der Waals surface area contributed by atoms with E-state index in [4.69, 9.17) is 14.2 Å². The third kappa shape index (κ3) is 6.56. The van der Waals surface area contributed by atoms with Crippen LogP contribution < -0.4 is 24.8 Å². The summed E-state index contributed by atoms with van der Waals surface area (Å²) in [6, 6.07) is 18.4. The number of para-hydroxylation sites is 1. The van der Waals surface area contributed by atoms with Gasteiger partial charge in [0.15, 0.2) is 17.6 Å². The van der Waals surface area contributed by atoms with Crippen molar-refractivity contribution < 1.29 is 23.8 Å². The summed E-state index contributed by atoms with van der Waals surface area (Å²) in [5.74, 6) is 1.40. The Balaban J connectivity index is 1.64. The highest BCUT2D eigenvalue weighted by atomic mass is 16.5. The minimum Gasteiger partial charge on any atom is -0.493 e. The maximum atomic E-state index is 13.0. The Labute approximate surface area is 212 Å². The van der Waals surface area contributed by atoms with Gasteiger partial charge in [0.05, 0.1) is 25.5 Å². The quantitative estimate of drug-likeness (QED) is 0.391. The summed E-state index contributed by atoms with van der Waals surface area (Å²) >= 11 is 0. The molecular weight excluding hydrogens is 456 g/mol. The monoisotopic (exact) mass is 490 g/mol. The highest BCUT2D eigenvalue weighted by molar-refractivity contribution is 6.04. The topological polar surface area (TPSA) is 85.9 Å². The van der Waals surface area contributed by atoms with Gasteiger partial charge in [-0.05, 0) is 73.7 Å². The lowest BCUT2D eigenvalue weighted by atomic mass is 10.1. The zero-order chi connectivity index (χ0) is 26.1. The molecule has 0 saturated heterocycles. The van der Waals surface area contributed by atoms with E-state index in [1.807, 2.05) is 57.2 Å². The zero-order valence-electron chi connectivity index (χ0n) is 21.5. The smallest absolute Gasteiger partial charge is 0.265 e. The lowest BCUT2D eigenvalue weighted by Crippen LogP contribution is -2.34. The van der Waals surface area contributed by atoms with Crippen LogP contribution in [0, 0.1) is 13.8 Å². The molecule has 0 bridgehead atoms. The molecule has 7 heteroatoms. The van der Waals surface area contributed by atoms with Gasteiger partial charge in [0.25, 0.3) is 11.8 Å². The number of hydrogen-bond acceptors (Lipinski definition) is 5. The highest BCUT2D eigenvalue weighted by Crippen LogP contribution is 2.28. The summed E-state index contributed by atoms with van der Waals surface area (Å²) in [4.78, 5) is 26.0. The van der Waals surface area contributed by atoms with Gasteiger partial charge in [-0.25, -0.2) is 0 Å². The average molecular weight is 491 g/mol. The van der Waals surface area contributed by atoms with Crippen molar-refractivity contribution in [1.29, 1.82) is 0 Å². The van der Waals surface area contributed by atoms with E-state index in [0.29, 0.717) is 47.9 Å². The molecule has 0 radical (unpaired) electrons. The number of hydrogen-bond donors (Lipinski definition) is 2. The van der Waals surface area contributed by atoms with Crippen LogP contribution >= 0.6 is 0 Å². The minimum absolute atomic E-state index is 0.269. The molecule has 1 atom stereocenters. The fourth-order valence-electron chi connectivity index (χ4n) is 3.78. The third-order valence-corrected chi connectivity index (χ3v) is 6.06. The van der Waals surface area contributed by atoms with E-state index >= 15 is 0 Å². The first-order chi connectivity index (χ1) is 17.4. The molecule has 2 amide bonds. The van der Waals surface area contributed by atoms with Crippen molar-refractivity contribution in [2.75, 3.05) is 26.1 Å². The van der Waals surface area contributed by atoms with Crippen LogP contribution in [0.4, 0.5) is 5.69 Å². The number of carbonyl (C=O) groups is 2. The molecule has 0 aromatic heterocycles. The standard InChI is InChI=1S/C29H34N2O5/c1-6-24(36-25-13-9-10-19(2)20(25)3)29(33)31-23-12-8-7-11-22(23)28(32)30-17-16-21-14-15-26(34-4)27(18-21)35-5/h7-15,18,24H,6,16-17H2,1-5H3,(H,30,32)(H,31,33). The van der Waals surface area contributed by atoms with Gasteiger partial charge >= 0.3 is 0 Å². The van der Waals surface area contributed by atoms with Gasteiger partial charge in [0.2, 0.25) is 0 Å². The summed E-state index contributed by atoms with van der Waals surface area (Å²) < 4.78 is 16.6. The van der Waals surface area contributed by atoms with Gasteiger partial charge in [-0.15, -0.1) is 0 Å². The van der Waals surface area contributed by atoms with Crippen LogP contribution in [0.15, 0.2) is 60.7 Å². The molecule has 0 aliphatic rings. The fraction of sp³-hybridized carbons (Fsp3) is 0.310. The van der Waals surface area contributed by atoms with Crippen LogP contribution in [0.1, 0.15) is 40.4 Å². The van der Waals surface area contributed by atoms with Crippen LogP contribution in [0.5, 0.6) is 17.2 Å². The number of benzene rings is 3. The second-order valence-corrected chi connectivity index (χ2v) is 8.44. The van der Waals surface area contributed by atoms with Crippen molar-refractivity contribution in [1.82, 2.24) is 5.32 Å². The van der Waals surface area contributed by atoms with Crippen molar-refractivity contribution in [2.45, 2.75) is 39.7 Å². The van der Waals surface area contributed by atoms with E-state index in [-0.39, 0.29) is 11.8 Å². The van der Waals surface area contributed by atoms with Crippen LogP contribution in [0.25, 0.3) is 0 Å². The molecule has 0 aliphatic heterocycles. The zero-order valence-corrected chi connectivity index (χ0v) is 21.5. The maximum Gasteiger partial charge on any atom is 0.265 e. The number of amides is 2. The second kappa shape index (κ2) is 12.6. The van der Waals surface area contributed by atoms with E-state index in [1.165, 1.54) is 0 Å². The molecule has 0 heterocycles. The Morgan fingerprint density at radius 1 is 0.889 bits per heavy atom. The molecule has 0 fully saturated rings. The number of nitrogens with one attached hydrogen (secondary N) is 2. The number of aryl methyl sites for hydroxylation is 1. The number of methoxy groups -OCH3 is 2. The van der Waals surface area contributed by atoms with Crippen molar-refractivity contribution in [2.24, 2.45) is 0 Å². The largest absolute Gasteiger partial charge is 0.493 e. The molecule has 7 nitrogen and oxygen atoms in total. The van der Waals surface area contributed by atoms with E-state index < -0.39 is 6.10 Å². The molecule has 3 rings (SSSR count). The highest BCUT2D eigenvalue weighted by Gasteiger charge is 2.22. The third-order valence-electron chi connectivity index (χ3n) is 6.06. The average Bonchev–Trinajstić information content (AvgIpc) is 2.89. The van der Waals surface area contributed by atoms with Crippen LogP contribution in [-0.2, 0) is 11.2 Å². The molecular formula is C29H34N2O5. The Morgan fingerprint density at radius 3 is 2.36 bits per heavy atom. The van der Waals surface area contributed by atoms with E-state index in [9.17, 15) is 9.59 Å². The Hall–Kier alpha value is -4.00. The molecule has 1 unspecified atom stereocenters. The van der Waals surface area contributed by atoms with Crippen LogP contribution in [-0.4, -0.2) is 38.7 Å². The Bertz CT molecular complexity index is 1210. The molecule has 0 saturated carbocycles. The summed E-state index contributed by atoms with van der Waals surface area (Å²) in [6.45, 7) is 6.28. The lowest BCUT2D eigenvalue weighted by molar-refractivity contribution is -0.122. The normalized spacial score (nSPS) is 11.4. The van der Waals surface area contributed by atoms with Gasteiger partial charge in [-0.3, -0.25) is 9.59 Å². The first-order valence-corrected chi connectivity index (χ1v) is 12.0. The summed E-state index contributed by atoms with van der Waals surface area (Å²) in [6.07, 6.45) is 0.410. The van der Waals surface area contributed by atoms with E-state index in [2.05, 4.69) is 10.6 Å². The first-order valence-electron chi connectivity index (χ1n) is 12.0. The van der Waals surface area contributed by atoms with Gasteiger partial charge in [0.1, 0.15) is 5.75 Å². The first kappa shape index (κ1) is 26.6. The van der Waals surface area contributed by atoms with Crippen molar-refractivity contribution >= 4 is 17.5 Å². The van der Waals surface area contributed by atoms with Gasteiger partial charge in [-0.1, -0.05) is 37.3 Å². The minimum atomic E-state index is -0.688. The van der Waals surface area contributed by atoms with Gasteiger partial charge in [0, 0.05) is 6.54 Å². The molecule has 3 aromatic carbocycles. The fourth-order valence-corrected chi connectivity index (χ4v) is 3.78. The molecule has 2 N–H and O–H groups in total. The van der Waals surface area contributed by atoms with Crippen molar-refractivity contribution in [3.63, 3.8) is 0 Å². The summed E-state index contributed by atoms with van der Waals surface area (Å²) in [7, 11) is 3.18. The molecule has 36 heavy (non-hydrogen) atoms. The van der Waals surface area contributed by atoms with E-state index in [1.54, 1.807) is 38.5 Å². The summed E-state index contributed by atoms with van der Waals surface area (Å²) in [5.41, 5.74) is 3.92. The predicted octanol–water partition coefficient (Wildman–Crippen LogP) is 5.09. The van der Waals surface area contributed by atoms with E-state index in [0.717, 1.165) is 16.7 Å². The SMILES string of the molecule is CCC(Oc1cccc(C)c1C)C(=O)Nc1ccccc1C(=O)NCCc1ccc(OC)c(OC)c1. The number of carbonyl (C=O) groups excluding carboxylic acids is 2. The number of rotatable bonds is 11. The van der Waals surface area contributed by atoms with Gasteiger partial charge < -0.3 is 24.8 Å². The van der Waals surface area contributed by atoms with Crippen LogP contribution in [0.3, 0.4) is 0 Å². The molecule has 190 valence electrons. The second-order valence-electron chi connectivity index (χ2n) is 8.44. The number of anilines is 1. The molecule has 0 spiro atoms. The molecule has 0 aliphatic carbocycles. The lowest BCUT2D eigenvalue weighted by Gasteiger charge is -2.20. The maximum absolute atomic E-state index is 13.0. The van der Waals surface area contributed by atoms with Crippen LogP contribution in [0.2, 0.25) is 0 Å². The Kier molecular flexibility index (Phi) is 9.33. The van der Waals surface area contributed by atoms with Gasteiger partial charge in [-0.2, -0.15) is 0 Å². The van der Waals surface area contributed by atoms with Crippen molar-refractivity contribution in [3.8, 4) is 17.2 Å². The van der Waals surface area contributed by atoms with Crippen molar-refractivity contribution in [3.05, 3.63) is 82.9 Å². The summed E-state index contributed by atoms with van der Waals surface area (Å²) in [5, 5.41) is 5.81. The Morgan fingerprint density at radius 2 is 1.64 bits per heavy atom. The number of ether oxygens (including phenoxy) is 3. The molecule has 3 aromatic rings. The predicted molar refractivity (Wildman–Crippen MR) is 141 cm³/mol.